The van der Waals surface area contributed by atoms with Gasteiger partial charge in [-0.15, -0.1) is 0 Å². The molecule has 0 atom stereocenters. The van der Waals surface area contributed by atoms with Crippen LogP contribution in [0.25, 0.3) is 0 Å². The number of rotatable bonds is 1. The average Bonchev–Trinajstić information content (AvgIpc) is 2.11. The van der Waals surface area contributed by atoms with Gasteiger partial charge in [-0.25, -0.2) is 0 Å². The molecule has 0 spiro atoms. The summed E-state index contributed by atoms with van der Waals surface area (Å²) in [4.78, 5) is 0. The quantitative estimate of drug-likeness (QED) is 0.516. The summed E-state index contributed by atoms with van der Waals surface area (Å²) in [6, 6.07) is 0. The Morgan fingerprint density at radius 1 is 1.40 bits per heavy atom. The van der Waals surface area contributed by atoms with Crippen molar-refractivity contribution in [1.82, 2.24) is 0 Å². The Kier molecular flexibility index (Phi) is 2.62. The molecular weight excluding hydrogens is 147 g/mol. The van der Waals surface area contributed by atoms with Crippen LogP contribution in [0.3, 0.4) is 0 Å². The van der Waals surface area contributed by atoms with Gasteiger partial charge >= 0.3 is 82.2 Å². The van der Waals surface area contributed by atoms with E-state index in [1.54, 1.807) is 8.02 Å². The van der Waals surface area contributed by atoms with Crippen LogP contribution in [0.15, 0.2) is 20.2 Å². The molecule has 0 fully saturated rings. The third kappa shape index (κ3) is 1.85. The molecule has 0 saturated heterocycles. The van der Waals surface area contributed by atoms with E-state index in [1.807, 2.05) is 0 Å². The van der Waals surface area contributed by atoms with Crippen LogP contribution in [0.5, 0.6) is 0 Å². The molecule has 1 aliphatic rings. The molecule has 0 amide bonds. The van der Waals surface area contributed by atoms with Gasteiger partial charge in [0.15, 0.2) is 0 Å². The topological polar surface area (TPSA) is 0 Å². The van der Waals surface area contributed by atoms with Crippen LogP contribution in [0, 0.1) is 0 Å². The summed E-state index contributed by atoms with van der Waals surface area (Å²) in [5, 5.41) is 1.72. The summed E-state index contributed by atoms with van der Waals surface area (Å²) >= 11 is 1.27. The predicted molar refractivity (Wildman–Crippen MR) is 49.9 cm³/mol. The molecule has 10 heavy (non-hydrogen) atoms. The van der Waals surface area contributed by atoms with E-state index in [9.17, 15) is 0 Å². The molecule has 0 heterocycles. The molecule has 0 nitrogen and oxygen atoms in total. The van der Waals surface area contributed by atoms with Crippen molar-refractivity contribution in [3.8, 4) is 0 Å². The zero-order valence-electron chi connectivity index (χ0n) is 7.36. The number of hydrogen-bond donors (Lipinski definition) is 0. The van der Waals surface area contributed by atoms with Gasteiger partial charge < -0.3 is 0 Å². The Morgan fingerprint density at radius 3 is 2.20 bits per heavy atom. The second kappa shape index (κ2) is 2.98. The fraction of sp³-hybridized carbons (Fsp3) is 0.500. The van der Waals surface area contributed by atoms with E-state index >= 15 is 0 Å². The molecule has 0 bridgehead atoms. The van der Waals surface area contributed by atoms with Crippen LogP contribution in [0.4, 0.5) is 0 Å². The molecule has 0 saturated carbocycles. The van der Waals surface area contributed by atoms with E-state index in [1.165, 1.54) is 34.4 Å². The predicted octanol–water partition coefficient (Wildman–Crippen LogP) is 2.25. The van der Waals surface area contributed by atoms with Crippen LogP contribution in [0.2, 0.25) is 19.6 Å². The fourth-order valence-electron chi connectivity index (χ4n) is 1.50. The van der Waals surface area contributed by atoms with Gasteiger partial charge in [0.2, 0.25) is 0 Å². The molecule has 1 rings (SSSR count). The van der Waals surface area contributed by atoms with E-state index in [0.717, 1.165) is 0 Å². The Morgan fingerprint density at radius 2 is 2.00 bits per heavy atom. The van der Waals surface area contributed by atoms with Crippen LogP contribution in [0.1, 0.15) is 6.42 Å². The van der Waals surface area contributed by atoms with Gasteiger partial charge in [0.25, 0.3) is 0 Å². The fourth-order valence-corrected chi connectivity index (χ4v) is 6.15. The SMILES string of the molecule is C[Si](C)(C)C1=[C]([Na])CC=C1. The number of allylic oxidation sites excluding steroid dienone is 4. The standard InChI is InChI=1S/C8H13Si.Na/c1-9(2,3)8-6-4-5-7-8;/h4,6H,5H2,1-3H3;. The van der Waals surface area contributed by atoms with Crippen LogP contribution < -0.4 is 0 Å². The first-order valence-corrected chi connectivity index (χ1v) is 8.38. The summed E-state index contributed by atoms with van der Waals surface area (Å²) in [5.41, 5.74) is 0. The summed E-state index contributed by atoms with van der Waals surface area (Å²) in [7, 11) is -0.960. The molecule has 0 N–H and O–H groups in total. The van der Waals surface area contributed by atoms with Crippen molar-refractivity contribution in [1.29, 1.82) is 0 Å². The molecule has 50 valence electrons. The molecule has 1 aliphatic carbocycles. The summed E-state index contributed by atoms with van der Waals surface area (Å²) < 4.78 is 1.74. The number of hydrogen-bond acceptors (Lipinski definition) is 0. The van der Waals surface area contributed by atoms with Crippen molar-refractivity contribution in [2.75, 3.05) is 0 Å². The van der Waals surface area contributed by atoms with Gasteiger partial charge in [0.05, 0.1) is 0 Å². The third-order valence-electron chi connectivity index (χ3n) is 1.98. The van der Waals surface area contributed by atoms with Crippen molar-refractivity contribution in [3.63, 3.8) is 0 Å². The Bertz CT molecular complexity index is 196. The normalized spacial score (nSPS) is 18.9. The van der Waals surface area contributed by atoms with E-state index in [-0.39, 0.29) is 0 Å². The molecule has 0 aliphatic heterocycles. The zero-order chi connectivity index (χ0) is 7.78. The van der Waals surface area contributed by atoms with Crippen LogP contribution >= 0.6 is 0 Å². The van der Waals surface area contributed by atoms with E-state index in [4.69, 9.17) is 0 Å². The van der Waals surface area contributed by atoms with Gasteiger partial charge in [-0.3, -0.25) is 0 Å². The van der Waals surface area contributed by atoms with Crippen molar-refractivity contribution in [2.45, 2.75) is 26.1 Å². The van der Waals surface area contributed by atoms with Gasteiger partial charge in [0, 0.05) is 0 Å². The first-order chi connectivity index (χ1) is 4.52. The van der Waals surface area contributed by atoms with E-state index < -0.39 is 8.07 Å². The molecule has 0 aromatic carbocycles. The molecule has 0 aromatic rings. The molecule has 2 heteroatoms. The van der Waals surface area contributed by atoms with Gasteiger partial charge in [-0.2, -0.15) is 0 Å². The van der Waals surface area contributed by atoms with Crippen LogP contribution in [-0.2, 0) is 0 Å². The summed E-state index contributed by atoms with van der Waals surface area (Å²) in [6.45, 7) is 7.28. The van der Waals surface area contributed by atoms with Crippen LogP contribution in [-0.4, -0.2) is 36.0 Å². The average molecular weight is 160 g/mol. The zero-order valence-corrected chi connectivity index (χ0v) is 10.4. The van der Waals surface area contributed by atoms with Crippen molar-refractivity contribution in [2.24, 2.45) is 0 Å². The second-order valence-electron chi connectivity index (χ2n) is 4.05. The first kappa shape index (κ1) is 8.79. The molecular formula is C8H13NaSi. The first-order valence-electron chi connectivity index (χ1n) is 3.88. The van der Waals surface area contributed by atoms with Crippen molar-refractivity contribution >= 4 is 36.0 Å². The van der Waals surface area contributed by atoms with E-state index in [0.29, 0.717) is 0 Å². The van der Waals surface area contributed by atoms with E-state index in [2.05, 4.69) is 31.8 Å². The molecule has 0 aromatic heterocycles. The molecule has 0 radical (unpaired) electrons. The maximum atomic E-state index is 2.43. The Balaban J connectivity index is 2.91. The Hall–Kier alpha value is 0.697. The minimum atomic E-state index is -0.960. The van der Waals surface area contributed by atoms with Gasteiger partial charge in [-0.05, 0) is 0 Å². The second-order valence-corrected chi connectivity index (χ2v) is 10.3. The third-order valence-corrected chi connectivity index (χ3v) is 5.63. The summed E-state index contributed by atoms with van der Waals surface area (Å²) in [5.74, 6) is 0. The van der Waals surface area contributed by atoms with Crippen molar-refractivity contribution in [3.05, 3.63) is 20.2 Å². The van der Waals surface area contributed by atoms with Gasteiger partial charge in [0.1, 0.15) is 0 Å². The monoisotopic (exact) mass is 160 g/mol. The van der Waals surface area contributed by atoms with Gasteiger partial charge in [-0.1, -0.05) is 0 Å². The maximum absolute atomic E-state index is 2.43. The summed E-state index contributed by atoms with van der Waals surface area (Å²) in [6.07, 6.45) is 5.93. The molecule has 0 unspecified atom stereocenters. The minimum absolute atomic E-state index is 0.960. The Labute approximate surface area is 81.8 Å². The van der Waals surface area contributed by atoms with Crippen molar-refractivity contribution < 1.29 is 0 Å².